The van der Waals surface area contributed by atoms with Crippen LogP contribution in [0.15, 0.2) is 42.5 Å². The van der Waals surface area contributed by atoms with E-state index in [1.165, 1.54) is 32.6 Å². The van der Waals surface area contributed by atoms with Crippen molar-refractivity contribution in [3.63, 3.8) is 0 Å². The molecule has 0 aliphatic heterocycles. The maximum Gasteiger partial charge on any atom is 0.303 e. The van der Waals surface area contributed by atoms with Gasteiger partial charge in [0.15, 0.2) is 0 Å². The zero-order valence-electron chi connectivity index (χ0n) is 24.5. The van der Waals surface area contributed by atoms with Gasteiger partial charge in [-0.25, -0.2) is 9.71 Å². The fourth-order valence-corrected chi connectivity index (χ4v) is 6.12. The Morgan fingerprint density at radius 3 is 2.26 bits per heavy atom. The minimum atomic E-state index is -4.12. The smallest absolute Gasteiger partial charge is 0.303 e. The van der Waals surface area contributed by atoms with Crippen molar-refractivity contribution in [2.75, 3.05) is 41.0 Å². The van der Waals surface area contributed by atoms with E-state index in [1.807, 2.05) is 42.0 Å². The van der Waals surface area contributed by atoms with Crippen LogP contribution in [-0.2, 0) is 23.2 Å². The summed E-state index contributed by atoms with van der Waals surface area (Å²) in [4.78, 5) is 33.3. The third-order valence-electron chi connectivity index (χ3n) is 6.67. The van der Waals surface area contributed by atoms with E-state index < -0.39 is 16.1 Å². The highest BCUT2D eigenvalue weighted by atomic mass is 32.2. The summed E-state index contributed by atoms with van der Waals surface area (Å²) in [6, 6.07) is 13.3. The summed E-state index contributed by atoms with van der Waals surface area (Å²) in [5.74, 6) is -0.0697. The lowest BCUT2D eigenvalue weighted by molar-refractivity contribution is 0.0740. The van der Waals surface area contributed by atoms with Crippen LogP contribution in [0.2, 0.25) is 0 Å². The molecule has 3 aromatic rings. The molecule has 0 fully saturated rings. The molecule has 0 atom stereocenters. The van der Waals surface area contributed by atoms with E-state index in [9.17, 15) is 18.0 Å². The summed E-state index contributed by atoms with van der Waals surface area (Å²) in [5.41, 5.74) is 2.29. The molecule has 3 rings (SSSR count). The lowest BCUT2D eigenvalue weighted by Gasteiger charge is -2.23. The van der Waals surface area contributed by atoms with Gasteiger partial charge in [0.25, 0.3) is 11.8 Å². The molecule has 11 nitrogen and oxygen atoms in total. The number of ether oxygens (including phenoxy) is 2. The lowest BCUT2D eigenvalue weighted by atomic mass is 10.1. The van der Waals surface area contributed by atoms with E-state index in [2.05, 4.69) is 4.98 Å². The molecule has 1 heterocycles. The summed E-state index contributed by atoms with van der Waals surface area (Å²) < 4.78 is 39.0. The van der Waals surface area contributed by atoms with Gasteiger partial charge in [0, 0.05) is 42.7 Å². The van der Waals surface area contributed by atoms with Gasteiger partial charge >= 0.3 is 10.2 Å². The number of amides is 2. The summed E-state index contributed by atoms with van der Waals surface area (Å²) in [6.07, 6.45) is 1.68. The maximum atomic E-state index is 13.8. The molecule has 2 aromatic carbocycles. The quantitative estimate of drug-likeness (QED) is 0.265. The van der Waals surface area contributed by atoms with E-state index >= 15 is 0 Å². The third kappa shape index (κ3) is 8.51. The van der Waals surface area contributed by atoms with Crippen molar-refractivity contribution in [1.29, 1.82) is 0 Å². The Kier molecular flexibility index (Phi) is 11.9. The summed E-state index contributed by atoms with van der Waals surface area (Å²) in [5, 5.41) is 9.47. The number of hydrogen-bond acceptors (Lipinski definition) is 9. The maximum absolute atomic E-state index is 13.8. The van der Waals surface area contributed by atoms with Crippen molar-refractivity contribution in [2.24, 2.45) is 0 Å². The fraction of sp³-hybridized carbons (Fsp3) is 0.414. The van der Waals surface area contributed by atoms with Crippen LogP contribution in [0.4, 0.5) is 0 Å². The number of nitrogens with zero attached hydrogens (tertiary/aromatic N) is 3. The molecule has 2 amide bonds. The lowest BCUT2D eigenvalue weighted by Crippen LogP contribution is -2.42. The Morgan fingerprint density at radius 1 is 1.02 bits per heavy atom. The number of carbonyl (C=O) groups excluding carboxylic acids is 2. The van der Waals surface area contributed by atoms with Crippen molar-refractivity contribution in [1.82, 2.24) is 18.9 Å². The second-order valence-electron chi connectivity index (χ2n) is 9.67. The number of thiazole rings is 1. The van der Waals surface area contributed by atoms with Gasteiger partial charge in [-0.3, -0.25) is 9.59 Å². The highest BCUT2D eigenvalue weighted by Gasteiger charge is 2.26. The zero-order chi connectivity index (χ0) is 30.9. The second kappa shape index (κ2) is 15.1. The number of aliphatic hydroxyl groups excluding tert-OH is 1. The molecule has 0 unspecified atom stereocenters. The summed E-state index contributed by atoms with van der Waals surface area (Å²) >= 11 is 1.22. The Labute approximate surface area is 251 Å². The van der Waals surface area contributed by atoms with Crippen molar-refractivity contribution in [3.05, 3.63) is 74.7 Å². The van der Waals surface area contributed by atoms with Crippen LogP contribution in [0.3, 0.4) is 0 Å². The fourth-order valence-electron chi connectivity index (χ4n) is 4.31. The average Bonchev–Trinajstić information content (AvgIpc) is 3.35. The number of hydrogen-bond donors (Lipinski definition) is 2. The van der Waals surface area contributed by atoms with Crippen LogP contribution in [0.5, 0.6) is 11.5 Å². The van der Waals surface area contributed by atoms with Crippen LogP contribution < -0.4 is 14.2 Å². The largest absolute Gasteiger partial charge is 0.496 e. The van der Waals surface area contributed by atoms with Crippen LogP contribution >= 0.6 is 11.3 Å². The number of benzene rings is 2. The number of aliphatic hydroxyl groups is 1. The first-order valence-corrected chi connectivity index (χ1v) is 15.7. The Morgan fingerprint density at radius 2 is 1.67 bits per heavy atom. The molecule has 0 saturated heterocycles. The van der Waals surface area contributed by atoms with Gasteiger partial charge in [-0.1, -0.05) is 30.3 Å². The molecule has 0 bridgehead atoms. The van der Waals surface area contributed by atoms with Gasteiger partial charge in [-0.15, -0.1) is 11.3 Å². The van der Waals surface area contributed by atoms with Gasteiger partial charge < -0.3 is 19.5 Å². The van der Waals surface area contributed by atoms with Gasteiger partial charge in [0.05, 0.1) is 20.8 Å². The molecular formula is C29H38N4O7S2. The number of rotatable bonds is 15. The molecule has 0 aliphatic carbocycles. The minimum Gasteiger partial charge on any atom is -0.496 e. The Bertz CT molecular complexity index is 1450. The number of methoxy groups -OCH3 is 2. The molecule has 0 aliphatic rings. The molecular weight excluding hydrogens is 580 g/mol. The van der Waals surface area contributed by atoms with Gasteiger partial charge in [0.1, 0.15) is 22.2 Å². The van der Waals surface area contributed by atoms with Gasteiger partial charge in [-0.2, -0.15) is 12.7 Å². The SMILES string of the molecule is COc1cc(C(=O)N(CCCc2ccccc2)Cc2nc(C(=O)NS(=O)(=O)N(C)CCCO)c(C)s2)cc(OC)c1C. The highest BCUT2D eigenvalue weighted by molar-refractivity contribution is 7.87. The summed E-state index contributed by atoms with van der Waals surface area (Å²) in [7, 11) is 0.264. The first-order chi connectivity index (χ1) is 20.0. The Hall–Kier alpha value is -3.52. The van der Waals surface area contributed by atoms with E-state index in [1.54, 1.807) is 24.0 Å². The number of aromatic nitrogens is 1. The first-order valence-electron chi connectivity index (χ1n) is 13.4. The predicted molar refractivity (Wildman–Crippen MR) is 161 cm³/mol. The molecule has 42 heavy (non-hydrogen) atoms. The van der Waals surface area contributed by atoms with Gasteiger partial charge in [-0.05, 0) is 50.8 Å². The van der Waals surface area contributed by atoms with Crippen molar-refractivity contribution in [3.8, 4) is 11.5 Å². The minimum absolute atomic E-state index is 0.0236. The molecule has 0 radical (unpaired) electrons. The van der Waals surface area contributed by atoms with Crippen molar-refractivity contribution < 1.29 is 32.6 Å². The zero-order valence-corrected chi connectivity index (χ0v) is 26.2. The van der Waals surface area contributed by atoms with Crippen LogP contribution in [0.1, 0.15) is 54.7 Å². The normalized spacial score (nSPS) is 11.4. The average molecular weight is 619 g/mol. The standard InChI is InChI=1S/C29H38N4O7S2/c1-20-24(39-4)17-23(18-25(20)40-5)29(36)33(15-9-13-22-11-7-6-8-12-22)19-26-30-27(21(2)41-26)28(35)31-42(37,38)32(3)14-10-16-34/h6-8,11-12,17-18,34H,9-10,13-16,19H2,1-5H3,(H,31,35). The van der Waals surface area contributed by atoms with Crippen LogP contribution in [0.25, 0.3) is 0 Å². The molecule has 0 saturated carbocycles. The third-order valence-corrected chi connectivity index (χ3v) is 9.07. The molecule has 228 valence electrons. The molecule has 13 heteroatoms. The number of carbonyl (C=O) groups is 2. The van der Waals surface area contributed by atoms with Crippen LogP contribution in [0, 0.1) is 13.8 Å². The number of nitrogens with one attached hydrogen (secondary N) is 1. The Balaban J connectivity index is 1.85. The van der Waals surface area contributed by atoms with E-state index in [4.69, 9.17) is 14.6 Å². The predicted octanol–water partition coefficient (Wildman–Crippen LogP) is 3.34. The highest BCUT2D eigenvalue weighted by Crippen LogP contribution is 2.30. The topological polar surface area (TPSA) is 138 Å². The van der Waals surface area contributed by atoms with E-state index in [-0.39, 0.29) is 37.7 Å². The molecule has 2 N–H and O–H groups in total. The monoisotopic (exact) mass is 618 g/mol. The second-order valence-corrected chi connectivity index (χ2v) is 12.7. The first kappa shape index (κ1) is 33.0. The van der Waals surface area contributed by atoms with Crippen molar-refractivity contribution in [2.45, 2.75) is 39.7 Å². The van der Waals surface area contributed by atoms with E-state index in [0.29, 0.717) is 39.9 Å². The van der Waals surface area contributed by atoms with Crippen LogP contribution in [-0.4, -0.2) is 80.5 Å². The van der Waals surface area contributed by atoms with E-state index in [0.717, 1.165) is 21.9 Å². The summed E-state index contributed by atoms with van der Waals surface area (Å²) in [6.45, 7) is 3.93. The van der Waals surface area contributed by atoms with Gasteiger partial charge in [0.2, 0.25) is 0 Å². The van der Waals surface area contributed by atoms with Crippen molar-refractivity contribution >= 4 is 33.4 Å². The number of aryl methyl sites for hydroxylation is 2. The molecule has 0 spiro atoms. The molecule has 1 aromatic heterocycles.